The first-order valence-electron chi connectivity index (χ1n) is 5.51. The Morgan fingerprint density at radius 1 is 1.47 bits per heavy atom. The third-order valence-corrected chi connectivity index (χ3v) is 3.14. The summed E-state index contributed by atoms with van der Waals surface area (Å²) in [5.41, 5.74) is 0.297. The van der Waals surface area contributed by atoms with Crippen LogP contribution in [0, 0.1) is 6.92 Å². The van der Waals surface area contributed by atoms with Crippen LogP contribution in [0.1, 0.15) is 35.0 Å². The monoisotopic (exact) mass is 343 g/mol. The molecule has 19 heavy (non-hydrogen) atoms. The molecule has 0 aliphatic carbocycles. The quantitative estimate of drug-likeness (QED) is 0.868. The van der Waals surface area contributed by atoms with Gasteiger partial charge < -0.3 is 9.73 Å². The van der Waals surface area contributed by atoms with E-state index in [1.807, 2.05) is 0 Å². The summed E-state index contributed by atoms with van der Waals surface area (Å²) in [7, 11) is 0. The maximum atomic E-state index is 12.1. The van der Waals surface area contributed by atoms with E-state index in [0.29, 0.717) is 21.7 Å². The van der Waals surface area contributed by atoms with Gasteiger partial charge >= 0.3 is 0 Å². The Morgan fingerprint density at radius 3 is 2.84 bits per heavy atom. The van der Waals surface area contributed by atoms with Gasteiger partial charge in [0.25, 0.3) is 5.91 Å². The Labute approximate surface area is 123 Å². The minimum absolute atomic E-state index is 0.150. The number of rotatable bonds is 3. The molecule has 0 radical (unpaired) electrons. The summed E-state index contributed by atoms with van der Waals surface area (Å²) in [6.07, 6.45) is 3.13. The van der Waals surface area contributed by atoms with E-state index in [4.69, 9.17) is 16.0 Å². The van der Waals surface area contributed by atoms with Crippen molar-refractivity contribution in [1.29, 1.82) is 0 Å². The van der Waals surface area contributed by atoms with Crippen LogP contribution in [-0.4, -0.2) is 15.9 Å². The van der Waals surface area contributed by atoms with Gasteiger partial charge in [-0.05, 0) is 35.8 Å². The molecule has 2 heterocycles. The maximum absolute atomic E-state index is 12.1. The lowest BCUT2D eigenvalue weighted by Crippen LogP contribution is -2.27. The standard InChI is InChI=1S/C12H11BrClN3O2/c1-6-4-16-12(19-6)7(2)17-11(18)9-3-8(13)5-15-10(9)14/h3-5,7H,1-2H3,(H,17,18). The minimum atomic E-state index is -0.351. The molecule has 1 N–H and O–H groups in total. The third kappa shape index (κ3) is 3.33. The molecule has 2 aromatic rings. The van der Waals surface area contributed by atoms with E-state index in [-0.39, 0.29) is 17.1 Å². The van der Waals surface area contributed by atoms with E-state index in [1.54, 1.807) is 26.1 Å². The second-order valence-electron chi connectivity index (χ2n) is 4.00. The van der Waals surface area contributed by atoms with Gasteiger partial charge in [0.05, 0.1) is 11.8 Å². The summed E-state index contributed by atoms with van der Waals surface area (Å²) in [6, 6.07) is 1.26. The summed E-state index contributed by atoms with van der Waals surface area (Å²) in [5.74, 6) is 0.810. The van der Waals surface area contributed by atoms with E-state index in [9.17, 15) is 4.79 Å². The van der Waals surface area contributed by atoms with Gasteiger partial charge in [-0.25, -0.2) is 9.97 Å². The highest BCUT2D eigenvalue weighted by molar-refractivity contribution is 9.10. The molecule has 0 aromatic carbocycles. The van der Waals surface area contributed by atoms with Gasteiger partial charge in [-0.2, -0.15) is 0 Å². The average Bonchev–Trinajstić information content (AvgIpc) is 2.79. The first-order valence-corrected chi connectivity index (χ1v) is 6.68. The largest absolute Gasteiger partial charge is 0.444 e. The Hall–Kier alpha value is -1.40. The van der Waals surface area contributed by atoms with Crippen LogP contribution in [0.4, 0.5) is 0 Å². The number of halogens is 2. The topological polar surface area (TPSA) is 68.0 Å². The van der Waals surface area contributed by atoms with E-state index in [2.05, 4.69) is 31.2 Å². The number of carbonyl (C=O) groups excluding carboxylic acids is 1. The Morgan fingerprint density at radius 2 is 2.21 bits per heavy atom. The fourth-order valence-electron chi connectivity index (χ4n) is 1.49. The molecule has 2 rings (SSSR count). The zero-order valence-corrected chi connectivity index (χ0v) is 12.6. The van der Waals surface area contributed by atoms with Crippen LogP contribution in [0.25, 0.3) is 0 Å². The van der Waals surface area contributed by atoms with Gasteiger partial charge in [-0.3, -0.25) is 4.79 Å². The zero-order chi connectivity index (χ0) is 14.0. The van der Waals surface area contributed by atoms with E-state index < -0.39 is 0 Å². The lowest BCUT2D eigenvalue weighted by Gasteiger charge is -2.11. The average molecular weight is 345 g/mol. The van der Waals surface area contributed by atoms with Crippen molar-refractivity contribution in [3.63, 3.8) is 0 Å². The number of oxazole rings is 1. The number of hydrogen-bond donors (Lipinski definition) is 1. The smallest absolute Gasteiger partial charge is 0.255 e. The summed E-state index contributed by atoms with van der Waals surface area (Å²) in [5, 5.41) is 2.90. The molecule has 5 nitrogen and oxygen atoms in total. The fraction of sp³-hybridized carbons (Fsp3) is 0.250. The van der Waals surface area contributed by atoms with Crippen LogP contribution in [0.5, 0.6) is 0 Å². The van der Waals surface area contributed by atoms with Crippen molar-refractivity contribution >= 4 is 33.4 Å². The van der Waals surface area contributed by atoms with Crippen LogP contribution in [0.2, 0.25) is 5.15 Å². The summed E-state index contributed by atoms with van der Waals surface area (Å²) >= 11 is 9.14. The van der Waals surface area contributed by atoms with Crippen molar-refractivity contribution in [2.45, 2.75) is 19.9 Å². The van der Waals surface area contributed by atoms with E-state index in [1.165, 1.54) is 6.20 Å². The lowest BCUT2D eigenvalue weighted by molar-refractivity contribution is 0.0933. The third-order valence-electron chi connectivity index (χ3n) is 2.41. The predicted octanol–water partition coefficient (Wildman–Crippen LogP) is 3.28. The molecular weight excluding hydrogens is 334 g/mol. The fourth-order valence-corrected chi connectivity index (χ4v) is 2.01. The van der Waals surface area contributed by atoms with E-state index >= 15 is 0 Å². The first kappa shape index (κ1) is 14.0. The molecule has 7 heteroatoms. The predicted molar refractivity (Wildman–Crippen MR) is 74.1 cm³/mol. The number of aromatic nitrogens is 2. The highest BCUT2D eigenvalue weighted by Crippen LogP contribution is 2.19. The van der Waals surface area contributed by atoms with Crippen LogP contribution in [0.3, 0.4) is 0 Å². The van der Waals surface area contributed by atoms with Crippen molar-refractivity contribution in [2.24, 2.45) is 0 Å². The molecule has 2 aromatic heterocycles. The minimum Gasteiger partial charge on any atom is -0.444 e. The van der Waals surface area contributed by atoms with Crippen molar-refractivity contribution in [3.05, 3.63) is 45.3 Å². The van der Waals surface area contributed by atoms with Crippen LogP contribution >= 0.6 is 27.5 Å². The number of amides is 1. The second kappa shape index (κ2) is 5.71. The lowest BCUT2D eigenvalue weighted by atomic mass is 10.2. The Bertz CT molecular complexity index is 615. The van der Waals surface area contributed by atoms with Crippen LogP contribution < -0.4 is 5.32 Å². The highest BCUT2D eigenvalue weighted by atomic mass is 79.9. The summed E-state index contributed by atoms with van der Waals surface area (Å²) in [4.78, 5) is 20.0. The maximum Gasteiger partial charge on any atom is 0.255 e. The van der Waals surface area contributed by atoms with Crippen molar-refractivity contribution in [1.82, 2.24) is 15.3 Å². The molecule has 0 spiro atoms. The van der Waals surface area contributed by atoms with Gasteiger partial charge in [0.15, 0.2) is 0 Å². The number of aryl methyl sites for hydroxylation is 1. The van der Waals surface area contributed by atoms with E-state index in [0.717, 1.165) is 0 Å². The van der Waals surface area contributed by atoms with Crippen molar-refractivity contribution in [2.75, 3.05) is 0 Å². The molecular formula is C12H11BrClN3O2. The molecule has 1 atom stereocenters. The number of pyridine rings is 1. The van der Waals surface area contributed by atoms with Crippen LogP contribution in [-0.2, 0) is 0 Å². The number of hydrogen-bond acceptors (Lipinski definition) is 4. The molecule has 0 aliphatic rings. The molecule has 100 valence electrons. The molecule has 0 saturated heterocycles. The Kier molecular flexibility index (Phi) is 4.21. The van der Waals surface area contributed by atoms with Gasteiger partial charge in [0.2, 0.25) is 5.89 Å². The van der Waals surface area contributed by atoms with Crippen molar-refractivity contribution < 1.29 is 9.21 Å². The molecule has 0 bridgehead atoms. The normalized spacial score (nSPS) is 12.2. The van der Waals surface area contributed by atoms with Gasteiger partial charge in [-0.1, -0.05) is 11.6 Å². The van der Waals surface area contributed by atoms with Gasteiger partial charge in [0, 0.05) is 10.7 Å². The van der Waals surface area contributed by atoms with Gasteiger partial charge in [0.1, 0.15) is 17.0 Å². The first-order chi connectivity index (χ1) is 8.97. The highest BCUT2D eigenvalue weighted by Gasteiger charge is 2.18. The second-order valence-corrected chi connectivity index (χ2v) is 5.27. The Balaban J connectivity index is 2.15. The summed E-state index contributed by atoms with van der Waals surface area (Å²) in [6.45, 7) is 3.57. The number of carbonyl (C=O) groups is 1. The number of nitrogens with zero attached hydrogens (tertiary/aromatic N) is 2. The SMILES string of the molecule is Cc1cnc(C(C)NC(=O)c2cc(Br)cnc2Cl)o1. The molecule has 0 saturated carbocycles. The molecule has 1 amide bonds. The summed E-state index contributed by atoms with van der Waals surface area (Å²) < 4.78 is 6.03. The molecule has 1 unspecified atom stereocenters. The molecule has 0 aliphatic heterocycles. The van der Waals surface area contributed by atoms with Gasteiger partial charge in [-0.15, -0.1) is 0 Å². The number of nitrogens with one attached hydrogen (secondary N) is 1. The molecule has 0 fully saturated rings. The van der Waals surface area contributed by atoms with Crippen molar-refractivity contribution in [3.8, 4) is 0 Å². The van der Waals surface area contributed by atoms with Crippen LogP contribution in [0.15, 0.2) is 27.3 Å². The zero-order valence-electron chi connectivity index (χ0n) is 10.3.